The number of likely N-dealkylation sites (tertiary alicyclic amines) is 1. The molecule has 1 atom stereocenters. The maximum absolute atomic E-state index is 12.8. The topological polar surface area (TPSA) is 78.5 Å². The van der Waals surface area contributed by atoms with Gasteiger partial charge in [-0.05, 0) is 74.3 Å². The Hall–Kier alpha value is -3.16. The lowest BCUT2D eigenvalue weighted by Gasteiger charge is -2.28. The van der Waals surface area contributed by atoms with Crippen LogP contribution in [0.4, 0.5) is 5.69 Å². The molecule has 6 nitrogen and oxygen atoms in total. The number of sulfonamides is 1. The fourth-order valence-electron chi connectivity index (χ4n) is 4.15. The van der Waals surface area contributed by atoms with Gasteiger partial charge in [0.2, 0.25) is 0 Å². The van der Waals surface area contributed by atoms with Crippen molar-refractivity contribution >= 4 is 21.6 Å². The number of hydrogen-bond acceptors (Lipinski definition) is 4. The lowest BCUT2D eigenvalue weighted by Crippen LogP contribution is -2.36. The molecule has 2 N–H and O–H groups in total. The van der Waals surface area contributed by atoms with Gasteiger partial charge in [-0.2, -0.15) is 0 Å². The normalized spacial score (nSPS) is 15.2. The van der Waals surface area contributed by atoms with Crippen molar-refractivity contribution < 1.29 is 13.2 Å². The minimum atomic E-state index is -3.74. The summed E-state index contributed by atoms with van der Waals surface area (Å²) in [6, 6.07) is 23.6. The van der Waals surface area contributed by atoms with E-state index in [4.69, 9.17) is 0 Å². The second kappa shape index (κ2) is 10.2. The minimum Gasteiger partial charge on any atom is -0.350 e. The molecule has 1 heterocycles. The van der Waals surface area contributed by atoms with E-state index in [9.17, 15) is 13.2 Å². The molecule has 4 rings (SSSR count). The molecule has 172 valence electrons. The van der Waals surface area contributed by atoms with Gasteiger partial charge in [-0.1, -0.05) is 48.5 Å². The molecule has 0 radical (unpaired) electrons. The van der Waals surface area contributed by atoms with Crippen LogP contribution in [0.2, 0.25) is 0 Å². The van der Waals surface area contributed by atoms with Crippen LogP contribution >= 0.6 is 0 Å². The maximum Gasteiger partial charge on any atom is 0.261 e. The zero-order valence-corrected chi connectivity index (χ0v) is 19.5. The lowest BCUT2D eigenvalue weighted by molar-refractivity contribution is 0.0938. The number of para-hydroxylation sites is 1. The predicted octanol–water partition coefficient (Wildman–Crippen LogP) is 4.36. The zero-order valence-electron chi connectivity index (χ0n) is 18.7. The van der Waals surface area contributed by atoms with Crippen LogP contribution in [-0.4, -0.2) is 38.9 Å². The van der Waals surface area contributed by atoms with E-state index < -0.39 is 10.0 Å². The fraction of sp³-hybridized carbons (Fsp3) is 0.269. The molecule has 1 amide bonds. The highest BCUT2D eigenvalue weighted by atomic mass is 32.2. The van der Waals surface area contributed by atoms with Gasteiger partial charge in [0.15, 0.2) is 0 Å². The molecule has 0 bridgehead atoms. The molecule has 0 saturated carbocycles. The first-order chi connectivity index (χ1) is 15.9. The molecule has 1 fully saturated rings. The van der Waals surface area contributed by atoms with Crippen molar-refractivity contribution in [2.45, 2.75) is 30.7 Å². The molecule has 1 saturated heterocycles. The Balaban J connectivity index is 1.43. The summed E-state index contributed by atoms with van der Waals surface area (Å²) in [5.41, 5.74) is 2.98. The van der Waals surface area contributed by atoms with E-state index in [1.54, 1.807) is 24.3 Å². The number of carbonyl (C=O) groups is 1. The van der Waals surface area contributed by atoms with Gasteiger partial charge >= 0.3 is 0 Å². The molecular formula is C26H29N3O3S. The molecule has 0 aliphatic carbocycles. The summed E-state index contributed by atoms with van der Waals surface area (Å²) >= 11 is 0. The number of rotatable bonds is 8. The average molecular weight is 464 g/mol. The zero-order chi connectivity index (χ0) is 23.3. The highest BCUT2D eigenvalue weighted by Crippen LogP contribution is 2.25. The van der Waals surface area contributed by atoms with Crippen LogP contribution in [0.5, 0.6) is 0 Å². The first kappa shape index (κ1) is 23.0. The van der Waals surface area contributed by atoms with Crippen molar-refractivity contribution in [3.8, 4) is 0 Å². The average Bonchev–Trinajstić information content (AvgIpc) is 3.36. The number of carbonyl (C=O) groups excluding carboxylic acids is 1. The summed E-state index contributed by atoms with van der Waals surface area (Å²) in [6.07, 6.45) is 2.34. The summed E-state index contributed by atoms with van der Waals surface area (Å²) < 4.78 is 28.1. The number of nitrogens with one attached hydrogen (secondary N) is 2. The molecule has 0 spiro atoms. The molecule has 33 heavy (non-hydrogen) atoms. The van der Waals surface area contributed by atoms with E-state index in [0.717, 1.165) is 18.7 Å². The Bertz CT molecular complexity index is 1190. The van der Waals surface area contributed by atoms with Crippen LogP contribution in [0.15, 0.2) is 83.8 Å². The van der Waals surface area contributed by atoms with Gasteiger partial charge in [-0.3, -0.25) is 14.4 Å². The number of benzene rings is 3. The second-order valence-electron chi connectivity index (χ2n) is 8.32. The van der Waals surface area contributed by atoms with Crippen LogP contribution in [0.25, 0.3) is 0 Å². The Morgan fingerprint density at radius 3 is 2.21 bits per heavy atom. The summed E-state index contributed by atoms with van der Waals surface area (Å²) in [4.78, 5) is 15.3. The Morgan fingerprint density at radius 1 is 0.909 bits per heavy atom. The third-order valence-corrected chi connectivity index (χ3v) is 7.42. The third-order valence-electron chi connectivity index (χ3n) is 6.04. The van der Waals surface area contributed by atoms with Crippen LogP contribution < -0.4 is 10.0 Å². The summed E-state index contributed by atoms with van der Waals surface area (Å²) in [5.74, 6) is -0.217. The smallest absolute Gasteiger partial charge is 0.261 e. The summed E-state index contributed by atoms with van der Waals surface area (Å²) in [5, 5.41) is 3.03. The third kappa shape index (κ3) is 5.61. The van der Waals surface area contributed by atoms with Crippen LogP contribution in [0.1, 0.15) is 40.4 Å². The molecular weight excluding hydrogens is 434 g/mol. The molecule has 1 aliphatic heterocycles. The standard InChI is InChI=1S/C26H29N3O3S/c1-20-9-5-6-12-24(20)28-33(31,32)23-15-13-22(14-16-23)26(30)27-19-25(29-17-7-8-18-29)21-10-3-2-4-11-21/h2-6,9-16,25,28H,7-8,17-19H2,1H3,(H,27,30)/t25-/m0/s1. The summed E-state index contributed by atoms with van der Waals surface area (Å²) in [6.45, 7) is 4.39. The van der Waals surface area contributed by atoms with E-state index in [1.807, 2.05) is 37.3 Å². The van der Waals surface area contributed by atoms with Crippen molar-refractivity contribution in [1.82, 2.24) is 10.2 Å². The lowest BCUT2D eigenvalue weighted by atomic mass is 10.1. The van der Waals surface area contributed by atoms with Gasteiger partial charge in [-0.25, -0.2) is 8.42 Å². The van der Waals surface area contributed by atoms with E-state index >= 15 is 0 Å². The number of amides is 1. The van der Waals surface area contributed by atoms with Crippen molar-refractivity contribution in [2.75, 3.05) is 24.4 Å². The SMILES string of the molecule is Cc1ccccc1NS(=O)(=O)c1ccc(C(=O)NC[C@@H](c2ccccc2)N2CCCC2)cc1. The number of aryl methyl sites for hydroxylation is 1. The molecule has 3 aromatic rings. The second-order valence-corrected chi connectivity index (χ2v) is 10.0. The maximum atomic E-state index is 12.8. The number of nitrogens with zero attached hydrogens (tertiary/aromatic N) is 1. The molecule has 3 aromatic carbocycles. The fourth-order valence-corrected chi connectivity index (χ4v) is 5.28. The van der Waals surface area contributed by atoms with Gasteiger partial charge < -0.3 is 5.32 Å². The first-order valence-electron chi connectivity index (χ1n) is 11.2. The highest BCUT2D eigenvalue weighted by molar-refractivity contribution is 7.92. The number of anilines is 1. The Morgan fingerprint density at radius 2 is 1.55 bits per heavy atom. The van der Waals surface area contributed by atoms with Crippen molar-refractivity contribution in [3.63, 3.8) is 0 Å². The molecule has 1 aliphatic rings. The van der Waals surface area contributed by atoms with Crippen LogP contribution in [0, 0.1) is 6.92 Å². The van der Waals surface area contributed by atoms with Gasteiger partial charge in [0.25, 0.3) is 15.9 Å². The largest absolute Gasteiger partial charge is 0.350 e. The van der Waals surface area contributed by atoms with E-state index in [2.05, 4.69) is 27.1 Å². The van der Waals surface area contributed by atoms with Crippen LogP contribution in [-0.2, 0) is 10.0 Å². The monoisotopic (exact) mass is 463 g/mol. The van der Waals surface area contributed by atoms with E-state index in [1.165, 1.54) is 30.5 Å². The minimum absolute atomic E-state index is 0.113. The van der Waals surface area contributed by atoms with Gasteiger partial charge in [0.05, 0.1) is 16.6 Å². The van der Waals surface area contributed by atoms with Gasteiger partial charge in [0.1, 0.15) is 0 Å². The highest BCUT2D eigenvalue weighted by Gasteiger charge is 2.24. The van der Waals surface area contributed by atoms with E-state index in [0.29, 0.717) is 17.8 Å². The quantitative estimate of drug-likeness (QED) is 0.520. The molecule has 7 heteroatoms. The first-order valence-corrected chi connectivity index (χ1v) is 12.7. The van der Waals surface area contributed by atoms with Gasteiger partial charge in [-0.15, -0.1) is 0 Å². The van der Waals surface area contributed by atoms with Crippen molar-refractivity contribution in [2.24, 2.45) is 0 Å². The molecule has 0 unspecified atom stereocenters. The van der Waals surface area contributed by atoms with Gasteiger partial charge in [0, 0.05) is 12.1 Å². The van der Waals surface area contributed by atoms with Crippen molar-refractivity contribution in [3.05, 3.63) is 95.6 Å². The summed E-state index contributed by atoms with van der Waals surface area (Å²) in [7, 11) is -3.74. The Labute approximate surface area is 195 Å². The van der Waals surface area contributed by atoms with E-state index in [-0.39, 0.29) is 16.8 Å². The Kier molecular flexibility index (Phi) is 7.11. The number of hydrogen-bond donors (Lipinski definition) is 2. The molecule has 0 aromatic heterocycles. The van der Waals surface area contributed by atoms with Crippen LogP contribution in [0.3, 0.4) is 0 Å². The van der Waals surface area contributed by atoms with Crippen molar-refractivity contribution in [1.29, 1.82) is 0 Å². The predicted molar refractivity (Wildman–Crippen MR) is 131 cm³/mol.